The molecule has 0 bridgehead atoms. The second-order valence-electron chi connectivity index (χ2n) is 3.74. The Hall–Kier alpha value is -1.83. The second kappa shape index (κ2) is 6.20. The summed E-state index contributed by atoms with van der Waals surface area (Å²) < 4.78 is 4.95. The predicted octanol–water partition coefficient (Wildman–Crippen LogP) is 1.34. The van der Waals surface area contributed by atoms with E-state index in [0.29, 0.717) is 10.2 Å². The molecule has 0 aliphatic rings. The van der Waals surface area contributed by atoms with E-state index in [1.807, 2.05) is 0 Å². The normalized spacial score (nSPS) is 11.7. The van der Waals surface area contributed by atoms with Gasteiger partial charge in [-0.3, -0.25) is 10.1 Å². The van der Waals surface area contributed by atoms with E-state index in [1.165, 1.54) is 36.6 Å². The highest BCUT2D eigenvalue weighted by atomic mass is 32.1. The van der Waals surface area contributed by atoms with Gasteiger partial charge in [0.25, 0.3) is 0 Å². The molecule has 7 nitrogen and oxygen atoms in total. The fraction of sp³-hybridized carbons (Fsp3) is 0.500. The van der Waals surface area contributed by atoms with Crippen molar-refractivity contribution in [2.45, 2.75) is 6.92 Å². The molecule has 1 heterocycles. The Morgan fingerprint density at radius 3 is 2.83 bits per heavy atom. The Morgan fingerprint density at radius 1 is 1.67 bits per heavy atom. The van der Waals surface area contributed by atoms with Crippen LogP contribution in [0.15, 0.2) is 6.20 Å². The minimum absolute atomic E-state index is 0.129. The molecule has 1 aromatic rings. The number of amides is 2. The van der Waals surface area contributed by atoms with Crippen molar-refractivity contribution >= 4 is 28.5 Å². The van der Waals surface area contributed by atoms with Crippen LogP contribution in [0.1, 0.15) is 6.92 Å². The molecule has 0 aromatic carbocycles. The molecule has 2 amide bonds. The number of aromatic nitrogens is 1. The van der Waals surface area contributed by atoms with Crippen LogP contribution in [0.2, 0.25) is 0 Å². The SMILES string of the molecule is COc1cnc(NC(=O)N(C)CC(C)C(=O)O)s1. The smallest absolute Gasteiger partial charge is 0.323 e. The van der Waals surface area contributed by atoms with Gasteiger partial charge in [0.15, 0.2) is 10.2 Å². The average Bonchev–Trinajstić information content (AvgIpc) is 2.76. The van der Waals surface area contributed by atoms with Crippen LogP contribution in [-0.2, 0) is 4.79 Å². The summed E-state index contributed by atoms with van der Waals surface area (Å²) in [5.74, 6) is -1.56. The molecule has 18 heavy (non-hydrogen) atoms. The molecule has 1 atom stereocenters. The number of methoxy groups -OCH3 is 1. The Balaban J connectivity index is 2.51. The molecular weight excluding hydrogens is 258 g/mol. The fourth-order valence-corrected chi connectivity index (χ4v) is 1.79. The molecule has 0 aliphatic heterocycles. The number of aliphatic carboxylic acids is 1. The molecule has 0 saturated carbocycles. The molecule has 0 spiro atoms. The van der Waals surface area contributed by atoms with Crippen molar-refractivity contribution in [2.24, 2.45) is 5.92 Å². The van der Waals surface area contributed by atoms with E-state index in [2.05, 4.69) is 10.3 Å². The molecule has 0 radical (unpaired) electrons. The van der Waals surface area contributed by atoms with Gasteiger partial charge in [-0.1, -0.05) is 18.3 Å². The summed E-state index contributed by atoms with van der Waals surface area (Å²) in [6.45, 7) is 1.67. The first-order valence-corrected chi connectivity index (χ1v) is 6.00. The van der Waals surface area contributed by atoms with Gasteiger partial charge in [-0.15, -0.1) is 0 Å². The number of nitrogens with zero attached hydrogens (tertiary/aromatic N) is 2. The lowest BCUT2D eigenvalue weighted by atomic mass is 10.2. The van der Waals surface area contributed by atoms with Crippen molar-refractivity contribution in [2.75, 3.05) is 26.0 Å². The van der Waals surface area contributed by atoms with Crippen molar-refractivity contribution in [3.8, 4) is 5.06 Å². The van der Waals surface area contributed by atoms with Crippen molar-refractivity contribution < 1.29 is 19.4 Å². The van der Waals surface area contributed by atoms with Crippen LogP contribution in [-0.4, -0.2) is 47.7 Å². The molecule has 100 valence electrons. The van der Waals surface area contributed by atoms with Crippen molar-refractivity contribution in [3.05, 3.63) is 6.20 Å². The van der Waals surface area contributed by atoms with Crippen LogP contribution in [0.4, 0.5) is 9.93 Å². The summed E-state index contributed by atoms with van der Waals surface area (Å²) in [6, 6.07) is -0.403. The van der Waals surface area contributed by atoms with E-state index in [4.69, 9.17) is 9.84 Å². The minimum atomic E-state index is -0.939. The first-order valence-electron chi connectivity index (χ1n) is 5.18. The molecule has 0 fully saturated rings. The zero-order chi connectivity index (χ0) is 13.7. The number of rotatable bonds is 5. The average molecular weight is 273 g/mol. The van der Waals surface area contributed by atoms with Crippen molar-refractivity contribution in [1.29, 1.82) is 0 Å². The van der Waals surface area contributed by atoms with Gasteiger partial charge in [0.05, 0.1) is 19.2 Å². The topological polar surface area (TPSA) is 91.8 Å². The van der Waals surface area contributed by atoms with Gasteiger partial charge < -0.3 is 14.7 Å². The Kier molecular flexibility index (Phi) is 4.90. The number of thiazole rings is 1. The lowest BCUT2D eigenvalue weighted by molar-refractivity contribution is -0.141. The van der Waals surface area contributed by atoms with Gasteiger partial charge in [0.2, 0.25) is 0 Å². The van der Waals surface area contributed by atoms with Gasteiger partial charge >= 0.3 is 12.0 Å². The van der Waals surface area contributed by atoms with E-state index < -0.39 is 17.9 Å². The number of carbonyl (C=O) groups is 2. The van der Waals surface area contributed by atoms with Crippen LogP contribution in [0, 0.1) is 5.92 Å². The maximum Gasteiger partial charge on any atom is 0.323 e. The maximum absolute atomic E-state index is 11.7. The van der Waals surface area contributed by atoms with E-state index >= 15 is 0 Å². The number of carbonyl (C=O) groups excluding carboxylic acids is 1. The Labute approximate surface area is 108 Å². The third-order valence-electron chi connectivity index (χ3n) is 2.22. The number of anilines is 1. The second-order valence-corrected chi connectivity index (χ2v) is 4.73. The van der Waals surface area contributed by atoms with E-state index in [1.54, 1.807) is 6.92 Å². The number of nitrogens with one attached hydrogen (secondary N) is 1. The minimum Gasteiger partial charge on any atom is -0.486 e. The van der Waals surface area contributed by atoms with Gasteiger partial charge in [0.1, 0.15) is 0 Å². The largest absolute Gasteiger partial charge is 0.486 e. The van der Waals surface area contributed by atoms with E-state index in [-0.39, 0.29) is 6.54 Å². The molecule has 0 saturated heterocycles. The number of hydrogen-bond acceptors (Lipinski definition) is 5. The van der Waals surface area contributed by atoms with Crippen molar-refractivity contribution in [3.63, 3.8) is 0 Å². The zero-order valence-corrected chi connectivity index (χ0v) is 11.2. The van der Waals surface area contributed by atoms with E-state index in [0.717, 1.165) is 0 Å². The molecule has 2 N–H and O–H groups in total. The lowest BCUT2D eigenvalue weighted by Crippen LogP contribution is -2.36. The maximum atomic E-state index is 11.7. The Morgan fingerprint density at radius 2 is 2.33 bits per heavy atom. The number of hydrogen-bond donors (Lipinski definition) is 2. The first-order chi connectivity index (χ1) is 8.43. The number of ether oxygens (including phenoxy) is 1. The lowest BCUT2D eigenvalue weighted by Gasteiger charge is -2.18. The predicted molar refractivity (Wildman–Crippen MR) is 67.1 cm³/mol. The monoisotopic (exact) mass is 273 g/mol. The van der Waals surface area contributed by atoms with Crippen LogP contribution >= 0.6 is 11.3 Å². The standard InChI is InChI=1S/C10H15N3O4S/c1-6(8(14)15)5-13(2)10(16)12-9-11-4-7(17-3)18-9/h4,6H,5H2,1-3H3,(H,14,15)(H,11,12,16). The summed E-state index contributed by atoms with van der Waals surface area (Å²) in [7, 11) is 3.04. The summed E-state index contributed by atoms with van der Waals surface area (Å²) in [4.78, 5) is 27.6. The van der Waals surface area contributed by atoms with Gasteiger partial charge in [0, 0.05) is 13.6 Å². The number of urea groups is 1. The van der Waals surface area contributed by atoms with Crippen LogP contribution < -0.4 is 10.1 Å². The highest BCUT2D eigenvalue weighted by Gasteiger charge is 2.18. The van der Waals surface area contributed by atoms with Crippen LogP contribution in [0.25, 0.3) is 0 Å². The van der Waals surface area contributed by atoms with Crippen LogP contribution in [0.3, 0.4) is 0 Å². The van der Waals surface area contributed by atoms with Gasteiger partial charge in [-0.25, -0.2) is 9.78 Å². The summed E-state index contributed by atoms with van der Waals surface area (Å²) in [5, 5.41) is 12.3. The third kappa shape index (κ3) is 3.88. The van der Waals surface area contributed by atoms with E-state index in [9.17, 15) is 9.59 Å². The highest BCUT2D eigenvalue weighted by molar-refractivity contribution is 7.17. The van der Waals surface area contributed by atoms with Gasteiger partial charge in [-0.2, -0.15) is 0 Å². The summed E-state index contributed by atoms with van der Waals surface area (Å²) >= 11 is 1.20. The molecule has 8 heteroatoms. The quantitative estimate of drug-likeness (QED) is 0.844. The molecule has 1 unspecified atom stereocenters. The van der Waals surface area contributed by atoms with Crippen LogP contribution in [0.5, 0.6) is 5.06 Å². The van der Waals surface area contributed by atoms with Gasteiger partial charge in [-0.05, 0) is 0 Å². The Bertz CT molecular complexity index is 435. The number of carboxylic acids is 1. The first kappa shape index (κ1) is 14.2. The molecule has 1 aromatic heterocycles. The molecular formula is C10H15N3O4S. The molecule has 1 rings (SSSR count). The summed E-state index contributed by atoms with van der Waals surface area (Å²) in [6.07, 6.45) is 1.50. The highest BCUT2D eigenvalue weighted by Crippen LogP contribution is 2.24. The van der Waals surface area contributed by atoms with Crippen molar-refractivity contribution in [1.82, 2.24) is 9.88 Å². The number of carboxylic acid groups (broad SMARTS) is 1. The third-order valence-corrected chi connectivity index (χ3v) is 3.09. The zero-order valence-electron chi connectivity index (χ0n) is 10.3. The fourth-order valence-electron chi connectivity index (χ4n) is 1.17. The summed E-state index contributed by atoms with van der Waals surface area (Å²) in [5.41, 5.74) is 0. The molecule has 0 aliphatic carbocycles.